The lowest BCUT2D eigenvalue weighted by molar-refractivity contribution is 0.142. The maximum absolute atomic E-state index is 11.2. The number of carbonyl (C=O) groups excluding carboxylic acids is 1. The van der Waals surface area contributed by atoms with Gasteiger partial charge < -0.3 is 14.8 Å². The summed E-state index contributed by atoms with van der Waals surface area (Å²) in [6, 6.07) is -0.0901. The molecule has 0 spiro atoms. The second-order valence-electron chi connectivity index (χ2n) is 4.60. The van der Waals surface area contributed by atoms with E-state index >= 15 is 0 Å². The van der Waals surface area contributed by atoms with Gasteiger partial charge in [0.2, 0.25) is 5.88 Å². The highest BCUT2D eigenvalue weighted by molar-refractivity contribution is 14.1. The van der Waals surface area contributed by atoms with Crippen LogP contribution in [-0.2, 0) is 11.3 Å². The Hall–Kier alpha value is -0.990. The van der Waals surface area contributed by atoms with Gasteiger partial charge in [-0.05, 0) is 35.4 Å². The summed E-state index contributed by atoms with van der Waals surface area (Å²) in [7, 11) is 1.35. The Morgan fingerprint density at radius 2 is 2.39 bits per heavy atom. The summed E-state index contributed by atoms with van der Waals surface area (Å²) in [5.41, 5.74) is 1.14. The molecule has 1 fully saturated rings. The van der Waals surface area contributed by atoms with Crippen LogP contribution in [0.2, 0.25) is 0 Å². The zero-order valence-electron chi connectivity index (χ0n) is 9.98. The predicted molar refractivity (Wildman–Crippen MR) is 71.7 cm³/mol. The molecule has 0 bridgehead atoms. The average Bonchev–Trinajstić information content (AvgIpc) is 3.15. The molecule has 7 heteroatoms. The van der Waals surface area contributed by atoms with Crippen LogP contribution in [0, 0.1) is 3.57 Å². The van der Waals surface area contributed by atoms with E-state index in [1.807, 2.05) is 4.68 Å². The lowest BCUT2D eigenvalue weighted by Crippen LogP contribution is -2.44. The number of hydrogen-bond acceptors (Lipinski definition) is 4. The molecular weight excluding hydrogens is 349 g/mol. The summed E-state index contributed by atoms with van der Waals surface area (Å²) in [5.74, 6) is 1.44. The molecule has 1 atom stereocenters. The normalized spacial score (nSPS) is 22.0. The van der Waals surface area contributed by atoms with Crippen LogP contribution in [-0.4, -0.2) is 35.6 Å². The van der Waals surface area contributed by atoms with E-state index in [2.05, 4.69) is 37.7 Å². The summed E-state index contributed by atoms with van der Waals surface area (Å²) in [6.45, 7) is 1.09. The standard InChI is InChI=1S/C11H14IN3O3/c1-17-11(16)13-7-4-15-10(18-5-7)8(12)9(14-15)6-2-3-6/h6-7H,2-5H2,1H3,(H,13,16)/t7-/m0/s1. The molecule has 18 heavy (non-hydrogen) atoms. The Bertz CT molecular complexity index is 484. The lowest BCUT2D eigenvalue weighted by Gasteiger charge is -2.24. The van der Waals surface area contributed by atoms with Gasteiger partial charge in [0.15, 0.2) is 0 Å². The first-order valence-electron chi connectivity index (χ1n) is 5.92. The number of carbonyl (C=O) groups is 1. The second kappa shape index (κ2) is 4.60. The van der Waals surface area contributed by atoms with Crippen LogP contribution in [0.1, 0.15) is 24.5 Å². The Morgan fingerprint density at radius 1 is 1.61 bits per heavy atom. The molecule has 1 aliphatic heterocycles. The van der Waals surface area contributed by atoms with Crippen LogP contribution in [0.3, 0.4) is 0 Å². The molecule has 1 aromatic heterocycles. The third-order valence-electron chi connectivity index (χ3n) is 3.16. The van der Waals surface area contributed by atoms with E-state index in [4.69, 9.17) is 4.74 Å². The molecule has 1 saturated carbocycles. The van der Waals surface area contributed by atoms with Crippen molar-refractivity contribution in [1.29, 1.82) is 0 Å². The fourth-order valence-electron chi connectivity index (χ4n) is 2.08. The van der Waals surface area contributed by atoms with Crippen molar-refractivity contribution in [2.75, 3.05) is 13.7 Å². The molecule has 1 aliphatic carbocycles. The average molecular weight is 363 g/mol. The topological polar surface area (TPSA) is 65.4 Å². The van der Waals surface area contributed by atoms with Crippen molar-refractivity contribution in [3.05, 3.63) is 9.26 Å². The molecule has 0 saturated heterocycles. The molecule has 0 radical (unpaired) electrons. The zero-order chi connectivity index (χ0) is 12.7. The Labute approximate surface area is 118 Å². The molecule has 6 nitrogen and oxygen atoms in total. The van der Waals surface area contributed by atoms with E-state index in [-0.39, 0.29) is 6.04 Å². The van der Waals surface area contributed by atoms with E-state index in [0.717, 1.165) is 15.1 Å². The van der Waals surface area contributed by atoms with Gasteiger partial charge in [-0.25, -0.2) is 9.48 Å². The van der Waals surface area contributed by atoms with Crippen LogP contribution >= 0.6 is 22.6 Å². The van der Waals surface area contributed by atoms with E-state index in [0.29, 0.717) is 19.1 Å². The minimum atomic E-state index is -0.434. The quantitative estimate of drug-likeness (QED) is 0.809. The fourth-order valence-corrected chi connectivity index (χ4v) is 3.06. The van der Waals surface area contributed by atoms with Crippen LogP contribution in [0.15, 0.2) is 0 Å². The van der Waals surface area contributed by atoms with Crippen molar-refractivity contribution < 1.29 is 14.3 Å². The highest BCUT2D eigenvalue weighted by Crippen LogP contribution is 2.44. The summed E-state index contributed by atoms with van der Waals surface area (Å²) >= 11 is 2.29. The van der Waals surface area contributed by atoms with Gasteiger partial charge in [0.05, 0.1) is 29.0 Å². The molecule has 98 valence electrons. The number of aromatic nitrogens is 2. The number of nitrogens with zero attached hydrogens (tertiary/aromatic N) is 2. The minimum absolute atomic E-state index is 0.0901. The Morgan fingerprint density at radius 3 is 3.06 bits per heavy atom. The third kappa shape index (κ3) is 2.15. The Kier molecular flexibility index (Phi) is 3.08. The molecule has 2 aliphatic rings. The summed E-state index contributed by atoms with van der Waals surface area (Å²) in [5, 5.41) is 7.32. The zero-order valence-corrected chi connectivity index (χ0v) is 12.1. The van der Waals surface area contributed by atoms with Crippen molar-refractivity contribution in [3.8, 4) is 5.88 Å². The molecule has 1 N–H and O–H groups in total. The summed E-state index contributed by atoms with van der Waals surface area (Å²) in [4.78, 5) is 11.2. The summed E-state index contributed by atoms with van der Waals surface area (Å²) < 4.78 is 13.2. The molecule has 3 rings (SSSR count). The van der Waals surface area contributed by atoms with Gasteiger partial charge >= 0.3 is 6.09 Å². The molecule has 0 aromatic carbocycles. The largest absolute Gasteiger partial charge is 0.475 e. The smallest absolute Gasteiger partial charge is 0.407 e. The molecule has 2 heterocycles. The molecule has 0 unspecified atom stereocenters. The number of alkyl carbamates (subject to hydrolysis) is 1. The molecule has 1 aromatic rings. The number of fused-ring (bicyclic) bond motifs is 1. The van der Waals surface area contributed by atoms with E-state index in [9.17, 15) is 4.79 Å². The van der Waals surface area contributed by atoms with Crippen molar-refractivity contribution in [3.63, 3.8) is 0 Å². The highest BCUT2D eigenvalue weighted by atomic mass is 127. The molecular formula is C11H14IN3O3. The number of halogens is 1. The minimum Gasteiger partial charge on any atom is -0.475 e. The number of hydrogen-bond donors (Lipinski definition) is 1. The van der Waals surface area contributed by atoms with Gasteiger partial charge in [0.25, 0.3) is 0 Å². The number of rotatable bonds is 2. The maximum Gasteiger partial charge on any atom is 0.407 e. The Balaban J connectivity index is 1.76. The number of amides is 1. The van der Waals surface area contributed by atoms with Crippen molar-refractivity contribution >= 4 is 28.7 Å². The third-order valence-corrected chi connectivity index (χ3v) is 4.18. The first kappa shape index (κ1) is 12.1. The monoisotopic (exact) mass is 363 g/mol. The van der Waals surface area contributed by atoms with Gasteiger partial charge in [-0.2, -0.15) is 5.10 Å². The van der Waals surface area contributed by atoms with E-state index in [1.165, 1.54) is 20.0 Å². The van der Waals surface area contributed by atoms with Crippen LogP contribution < -0.4 is 10.1 Å². The van der Waals surface area contributed by atoms with Gasteiger partial charge in [-0.3, -0.25) is 0 Å². The van der Waals surface area contributed by atoms with E-state index in [1.54, 1.807) is 0 Å². The van der Waals surface area contributed by atoms with Gasteiger partial charge in [-0.15, -0.1) is 0 Å². The molecule has 1 amide bonds. The fraction of sp³-hybridized carbons (Fsp3) is 0.636. The predicted octanol–water partition coefficient (Wildman–Crippen LogP) is 1.48. The number of methoxy groups -OCH3 is 1. The first-order valence-corrected chi connectivity index (χ1v) is 7.00. The summed E-state index contributed by atoms with van der Waals surface area (Å²) in [6.07, 6.45) is 2.00. The van der Waals surface area contributed by atoms with Gasteiger partial charge in [0.1, 0.15) is 6.61 Å². The van der Waals surface area contributed by atoms with Crippen LogP contribution in [0.5, 0.6) is 5.88 Å². The number of nitrogens with one attached hydrogen (secondary N) is 1. The van der Waals surface area contributed by atoms with Gasteiger partial charge in [0, 0.05) is 5.92 Å². The second-order valence-corrected chi connectivity index (χ2v) is 5.68. The number of ether oxygens (including phenoxy) is 2. The lowest BCUT2D eigenvalue weighted by atomic mass is 10.3. The van der Waals surface area contributed by atoms with Crippen LogP contribution in [0.4, 0.5) is 4.79 Å². The van der Waals surface area contributed by atoms with Crippen molar-refractivity contribution in [2.24, 2.45) is 0 Å². The van der Waals surface area contributed by atoms with E-state index < -0.39 is 6.09 Å². The maximum atomic E-state index is 11.2. The first-order chi connectivity index (χ1) is 8.69. The van der Waals surface area contributed by atoms with Crippen molar-refractivity contribution in [2.45, 2.75) is 31.3 Å². The van der Waals surface area contributed by atoms with Gasteiger partial charge in [-0.1, -0.05) is 0 Å². The van der Waals surface area contributed by atoms with Crippen molar-refractivity contribution in [1.82, 2.24) is 15.1 Å². The SMILES string of the molecule is COC(=O)N[C@@H]1COc2c(I)c(C3CC3)nn2C1. The van der Waals surface area contributed by atoms with Crippen LogP contribution in [0.25, 0.3) is 0 Å². The highest BCUT2D eigenvalue weighted by Gasteiger charge is 2.34.